The number of carbonyl (C=O) groups excluding carboxylic acids is 1. The van der Waals surface area contributed by atoms with E-state index in [2.05, 4.69) is 10.3 Å². The van der Waals surface area contributed by atoms with E-state index in [0.717, 1.165) is 0 Å². The Morgan fingerprint density at radius 2 is 2.44 bits per heavy atom. The summed E-state index contributed by atoms with van der Waals surface area (Å²) in [6.45, 7) is 2.63. The predicted octanol–water partition coefficient (Wildman–Crippen LogP) is 1.36. The molecule has 0 aliphatic heterocycles. The lowest BCUT2D eigenvalue weighted by Gasteiger charge is -2.08. The van der Waals surface area contributed by atoms with Crippen LogP contribution in [0.3, 0.4) is 0 Å². The van der Waals surface area contributed by atoms with Crippen LogP contribution in [0.2, 0.25) is 5.02 Å². The van der Waals surface area contributed by atoms with Gasteiger partial charge in [0, 0.05) is 18.7 Å². The van der Waals surface area contributed by atoms with E-state index in [4.69, 9.17) is 22.1 Å². The Labute approximate surface area is 112 Å². The average Bonchev–Trinajstić information content (AvgIpc) is 2.34. The van der Waals surface area contributed by atoms with Crippen LogP contribution in [0.1, 0.15) is 19.8 Å². The molecule has 1 amide bonds. The number of nitrogens with two attached hydrogens (primary N) is 1. The number of nitrogens with zero attached hydrogens (tertiary/aromatic N) is 1. The van der Waals surface area contributed by atoms with Crippen molar-refractivity contribution in [2.75, 3.05) is 13.2 Å². The third-order valence-corrected chi connectivity index (χ3v) is 2.50. The maximum Gasteiger partial charge on any atom is 0.232 e. The molecular formula is C12H18ClN3O2. The third-order valence-electron chi connectivity index (χ3n) is 2.21. The molecule has 1 unspecified atom stereocenters. The minimum absolute atomic E-state index is 0.0250. The highest BCUT2D eigenvalue weighted by Gasteiger charge is 2.04. The van der Waals surface area contributed by atoms with Crippen molar-refractivity contribution >= 4 is 17.5 Å². The maximum atomic E-state index is 11.4. The molecule has 0 aliphatic carbocycles. The van der Waals surface area contributed by atoms with Crippen LogP contribution >= 0.6 is 11.6 Å². The SMILES string of the molecule is CC(N)CCC(=O)NCCOc1ncccc1Cl. The molecule has 6 heteroatoms. The first-order chi connectivity index (χ1) is 8.59. The quantitative estimate of drug-likeness (QED) is 0.734. The second kappa shape index (κ2) is 7.89. The van der Waals surface area contributed by atoms with Gasteiger partial charge in [-0.25, -0.2) is 4.98 Å². The zero-order valence-corrected chi connectivity index (χ0v) is 11.1. The van der Waals surface area contributed by atoms with Crippen LogP contribution in [0.5, 0.6) is 5.88 Å². The number of halogens is 1. The molecule has 0 fully saturated rings. The van der Waals surface area contributed by atoms with Gasteiger partial charge in [-0.05, 0) is 25.5 Å². The largest absolute Gasteiger partial charge is 0.475 e. The molecule has 100 valence electrons. The molecule has 1 heterocycles. The Bertz CT molecular complexity index is 385. The summed E-state index contributed by atoms with van der Waals surface area (Å²) in [4.78, 5) is 15.3. The minimum Gasteiger partial charge on any atom is -0.475 e. The lowest BCUT2D eigenvalue weighted by atomic mass is 10.2. The summed E-state index contributed by atoms with van der Waals surface area (Å²) in [5.41, 5.74) is 5.56. The van der Waals surface area contributed by atoms with Gasteiger partial charge in [0.2, 0.25) is 11.8 Å². The molecular weight excluding hydrogens is 254 g/mol. The van der Waals surface area contributed by atoms with Crippen molar-refractivity contribution in [3.63, 3.8) is 0 Å². The summed E-state index contributed by atoms with van der Waals surface area (Å²) < 4.78 is 5.33. The Kier molecular flexibility index (Phi) is 6.46. The van der Waals surface area contributed by atoms with Crippen molar-refractivity contribution in [1.29, 1.82) is 0 Å². The first-order valence-corrected chi connectivity index (χ1v) is 6.23. The Morgan fingerprint density at radius 3 is 3.11 bits per heavy atom. The molecule has 0 radical (unpaired) electrons. The van der Waals surface area contributed by atoms with Gasteiger partial charge in [-0.15, -0.1) is 0 Å². The van der Waals surface area contributed by atoms with Crippen LogP contribution in [0.15, 0.2) is 18.3 Å². The van der Waals surface area contributed by atoms with Crippen LogP contribution < -0.4 is 15.8 Å². The third kappa shape index (κ3) is 5.84. The van der Waals surface area contributed by atoms with Gasteiger partial charge in [0.15, 0.2) is 0 Å². The van der Waals surface area contributed by atoms with Crippen LogP contribution in [0.4, 0.5) is 0 Å². The van der Waals surface area contributed by atoms with Crippen molar-refractivity contribution in [2.24, 2.45) is 5.73 Å². The molecule has 1 aromatic rings. The Hall–Kier alpha value is -1.33. The van der Waals surface area contributed by atoms with Gasteiger partial charge < -0.3 is 15.8 Å². The summed E-state index contributed by atoms with van der Waals surface area (Å²) >= 11 is 5.86. The second-order valence-electron chi connectivity index (χ2n) is 4.00. The zero-order valence-electron chi connectivity index (χ0n) is 10.4. The number of amides is 1. The van der Waals surface area contributed by atoms with Gasteiger partial charge in [-0.2, -0.15) is 0 Å². The second-order valence-corrected chi connectivity index (χ2v) is 4.41. The molecule has 5 nitrogen and oxygen atoms in total. The predicted molar refractivity (Wildman–Crippen MR) is 70.6 cm³/mol. The fraction of sp³-hybridized carbons (Fsp3) is 0.500. The standard InChI is InChI=1S/C12H18ClN3O2/c1-9(14)4-5-11(17)15-7-8-18-12-10(13)3-2-6-16-12/h2-3,6,9H,4-5,7-8,14H2,1H3,(H,15,17). The molecule has 1 aromatic heterocycles. The summed E-state index contributed by atoms with van der Waals surface area (Å²) in [7, 11) is 0. The van der Waals surface area contributed by atoms with Gasteiger partial charge in [-0.3, -0.25) is 4.79 Å². The van der Waals surface area contributed by atoms with Crippen molar-refractivity contribution in [3.05, 3.63) is 23.4 Å². The van der Waals surface area contributed by atoms with Crippen LogP contribution in [0, 0.1) is 0 Å². The Balaban J connectivity index is 2.15. The smallest absolute Gasteiger partial charge is 0.232 e. The topological polar surface area (TPSA) is 77.2 Å². The number of rotatable bonds is 7. The summed E-state index contributed by atoms with van der Waals surface area (Å²) in [5, 5.41) is 3.20. The molecule has 0 saturated heterocycles. The van der Waals surface area contributed by atoms with E-state index in [0.29, 0.717) is 36.9 Å². The van der Waals surface area contributed by atoms with Gasteiger partial charge in [0.05, 0.1) is 6.54 Å². The molecule has 1 rings (SSSR count). The molecule has 0 aliphatic rings. The Morgan fingerprint density at radius 1 is 1.67 bits per heavy atom. The molecule has 1 atom stereocenters. The summed E-state index contributed by atoms with van der Waals surface area (Å²) in [6.07, 6.45) is 2.71. The number of nitrogens with one attached hydrogen (secondary N) is 1. The molecule has 0 bridgehead atoms. The van der Waals surface area contributed by atoms with E-state index in [9.17, 15) is 4.79 Å². The zero-order chi connectivity index (χ0) is 13.4. The van der Waals surface area contributed by atoms with E-state index in [1.165, 1.54) is 0 Å². The number of ether oxygens (including phenoxy) is 1. The van der Waals surface area contributed by atoms with Crippen molar-refractivity contribution < 1.29 is 9.53 Å². The molecule has 18 heavy (non-hydrogen) atoms. The first-order valence-electron chi connectivity index (χ1n) is 5.85. The van der Waals surface area contributed by atoms with E-state index >= 15 is 0 Å². The minimum atomic E-state index is -0.0250. The number of pyridine rings is 1. The molecule has 0 saturated carbocycles. The highest BCUT2D eigenvalue weighted by atomic mass is 35.5. The van der Waals surface area contributed by atoms with E-state index in [1.54, 1.807) is 18.3 Å². The summed E-state index contributed by atoms with van der Waals surface area (Å²) in [6, 6.07) is 3.47. The van der Waals surface area contributed by atoms with Crippen molar-refractivity contribution in [3.8, 4) is 5.88 Å². The summed E-state index contributed by atoms with van der Waals surface area (Å²) in [5.74, 6) is 0.354. The average molecular weight is 272 g/mol. The van der Waals surface area contributed by atoms with Gasteiger partial charge >= 0.3 is 0 Å². The molecule has 0 spiro atoms. The number of hydrogen-bond donors (Lipinski definition) is 2. The highest BCUT2D eigenvalue weighted by molar-refractivity contribution is 6.31. The van der Waals surface area contributed by atoms with E-state index in [1.807, 2.05) is 6.92 Å². The van der Waals surface area contributed by atoms with E-state index < -0.39 is 0 Å². The van der Waals surface area contributed by atoms with Crippen LogP contribution in [0.25, 0.3) is 0 Å². The highest BCUT2D eigenvalue weighted by Crippen LogP contribution is 2.19. The lowest BCUT2D eigenvalue weighted by Crippen LogP contribution is -2.29. The fourth-order valence-corrected chi connectivity index (χ4v) is 1.44. The monoisotopic (exact) mass is 271 g/mol. The van der Waals surface area contributed by atoms with Crippen LogP contribution in [-0.4, -0.2) is 30.1 Å². The molecule has 0 aromatic carbocycles. The number of hydrogen-bond acceptors (Lipinski definition) is 4. The van der Waals surface area contributed by atoms with E-state index in [-0.39, 0.29) is 11.9 Å². The lowest BCUT2D eigenvalue weighted by molar-refractivity contribution is -0.121. The first kappa shape index (κ1) is 14.7. The van der Waals surface area contributed by atoms with Crippen molar-refractivity contribution in [1.82, 2.24) is 10.3 Å². The number of carbonyl (C=O) groups is 1. The fourth-order valence-electron chi connectivity index (χ4n) is 1.26. The molecule has 3 N–H and O–H groups in total. The normalized spacial score (nSPS) is 11.9. The van der Waals surface area contributed by atoms with Gasteiger partial charge in [0.1, 0.15) is 11.6 Å². The van der Waals surface area contributed by atoms with Gasteiger partial charge in [0.25, 0.3) is 0 Å². The van der Waals surface area contributed by atoms with Crippen molar-refractivity contribution in [2.45, 2.75) is 25.8 Å². The number of aromatic nitrogens is 1. The van der Waals surface area contributed by atoms with Gasteiger partial charge in [-0.1, -0.05) is 11.6 Å². The van der Waals surface area contributed by atoms with Crippen LogP contribution in [-0.2, 0) is 4.79 Å². The maximum absolute atomic E-state index is 11.4.